The van der Waals surface area contributed by atoms with Crippen molar-refractivity contribution in [2.75, 3.05) is 23.4 Å². The summed E-state index contributed by atoms with van der Waals surface area (Å²) in [5.41, 5.74) is 3.43. The molecule has 0 aliphatic carbocycles. The van der Waals surface area contributed by atoms with Crippen LogP contribution in [-0.2, 0) is 18.4 Å². The molecule has 1 aliphatic rings. The fourth-order valence-corrected chi connectivity index (χ4v) is 4.59. The second kappa shape index (κ2) is 9.15. The van der Waals surface area contributed by atoms with Gasteiger partial charge in [0.2, 0.25) is 11.9 Å². The third kappa shape index (κ3) is 4.08. The number of aromatic nitrogens is 5. The van der Waals surface area contributed by atoms with Gasteiger partial charge in [0.25, 0.3) is 5.56 Å². The number of hydrogen-bond donors (Lipinski definition) is 2. The van der Waals surface area contributed by atoms with Gasteiger partial charge in [0.05, 0.1) is 25.0 Å². The predicted octanol–water partition coefficient (Wildman–Crippen LogP) is 2.32. The monoisotopic (exact) mass is 471 g/mol. The molecule has 1 aliphatic heterocycles. The van der Waals surface area contributed by atoms with E-state index in [1.807, 2.05) is 30.3 Å². The number of fused-ring (bicyclic) bond motifs is 2. The Morgan fingerprint density at radius 2 is 2.11 bits per heavy atom. The van der Waals surface area contributed by atoms with Crippen molar-refractivity contribution in [2.24, 2.45) is 7.05 Å². The number of aliphatic hydroxyl groups excluding tert-OH is 1. The maximum Gasteiger partial charge on any atom is 0.255 e. The first-order chi connectivity index (χ1) is 17.0. The van der Waals surface area contributed by atoms with E-state index < -0.39 is 0 Å². The molecule has 10 nitrogen and oxygen atoms in total. The second-order valence-electron chi connectivity index (χ2n) is 8.37. The molecular formula is C25H25N7O3. The Morgan fingerprint density at radius 3 is 2.91 bits per heavy atom. The van der Waals surface area contributed by atoms with Gasteiger partial charge in [-0.1, -0.05) is 24.8 Å². The predicted molar refractivity (Wildman–Crippen MR) is 133 cm³/mol. The van der Waals surface area contributed by atoms with Crippen molar-refractivity contribution in [1.82, 2.24) is 24.3 Å². The fraction of sp³-hybridized carbons (Fsp3) is 0.240. The number of benzene rings is 1. The first-order valence-corrected chi connectivity index (χ1v) is 11.3. The van der Waals surface area contributed by atoms with Gasteiger partial charge >= 0.3 is 0 Å². The molecular weight excluding hydrogens is 446 g/mol. The number of nitrogens with zero attached hydrogens (tertiary/aromatic N) is 6. The van der Waals surface area contributed by atoms with Crippen LogP contribution in [0.3, 0.4) is 0 Å². The SMILES string of the molecule is C=CC(=O)N1CCC(c2cc3cnc(Nc4cnn(CCO)c4)nc3n(C)c2=O)c2ccccc21. The average molecular weight is 472 g/mol. The number of hydrogen-bond acceptors (Lipinski definition) is 7. The van der Waals surface area contributed by atoms with Crippen molar-refractivity contribution in [3.05, 3.63) is 83.1 Å². The molecule has 0 spiro atoms. The van der Waals surface area contributed by atoms with Crippen LogP contribution in [0.1, 0.15) is 23.5 Å². The Bertz CT molecular complexity index is 1490. The second-order valence-corrected chi connectivity index (χ2v) is 8.37. The van der Waals surface area contributed by atoms with Gasteiger partial charge in [-0.2, -0.15) is 10.1 Å². The molecule has 0 bridgehead atoms. The summed E-state index contributed by atoms with van der Waals surface area (Å²) >= 11 is 0. The summed E-state index contributed by atoms with van der Waals surface area (Å²) in [7, 11) is 1.70. The molecule has 35 heavy (non-hydrogen) atoms. The maximum atomic E-state index is 13.5. The van der Waals surface area contributed by atoms with E-state index in [0.717, 1.165) is 16.6 Å². The lowest BCUT2D eigenvalue weighted by Crippen LogP contribution is -2.37. The molecule has 1 unspecified atom stereocenters. The molecule has 0 saturated heterocycles. The molecule has 0 radical (unpaired) electrons. The van der Waals surface area contributed by atoms with Crippen LogP contribution < -0.4 is 15.8 Å². The number of anilines is 3. The summed E-state index contributed by atoms with van der Waals surface area (Å²) in [6.07, 6.45) is 6.98. The zero-order valence-electron chi connectivity index (χ0n) is 19.3. The summed E-state index contributed by atoms with van der Waals surface area (Å²) in [5.74, 6) is 0.0290. The standard InChI is InChI=1S/C25H25N7O3/c1-3-22(34)32-9-8-18(19-6-4-5-7-21(19)32)20-12-16-13-26-25(29-23(16)30(2)24(20)35)28-17-14-27-31(15-17)10-11-33/h3-7,12-15,18,33H,1,8-11H2,2H3,(H,26,28,29). The maximum absolute atomic E-state index is 13.5. The Kier molecular flexibility index (Phi) is 5.87. The zero-order valence-corrected chi connectivity index (χ0v) is 19.3. The van der Waals surface area contributed by atoms with Gasteiger partial charge in [-0.15, -0.1) is 0 Å². The normalized spacial score (nSPS) is 15.1. The van der Waals surface area contributed by atoms with E-state index in [4.69, 9.17) is 5.11 Å². The van der Waals surface area contributed by atoms with Crippen LogP contribution in [0, 0.1) is 0 Å². The van der Waals surface area contributed by atoms with Crippen LogP contribution in [0.25, 0.3) is 11.0 Å². The smallest absolute Gasteiger partial charge is 0.255 e. The summed E-state index contributed by atoms with van der Waals surface area (Å²) < 4.78 is 3.15. The summed E-state index contributed by atoms with van der Waals surface area (Å²) in [4.78, 5) is 36.5. The van der Waals surface area contributed by atoms with Gasteiger partial charge in [0, 0.05) is 48.5 Å². The number of carbonyl (C=O) groups excluding carboxylic acids is 1. The first-order valence-electron chi connectivity index (χ1n) is 11.3. The number of aryl methyl sites for hydroxylation is 1. The number of nitrogens with one attached hydrogen (secondary N) is 1. The Balaban J connectivity index is 1.52. The minimum Gasteiger partial charge on any atom is -0.394 e. The van der Waals surface area contributed by atoms with Crippen LogP contribution in [0.5, 0.6) is 0 Å². The van der Waals surface area contributed by atoms with E-state index in [-0.39, 0.29) is 24.0 Å². The van der Waals surface area contributed by atoms with Crippen molar-refractivity contribution in [1.29, 1.82) is 0 Å². The molecule has 1 amide bonds. The number of pyridine rings is 1. The molecule has 1 aromatic carbocycles. The van der Waals surface area contributed by atoms with Crippen LogP contribution in [0.4, 0.5) is 17.3 Å². The van der Waals surface area contributed by atoms with E-state index >= 15 is 0 Å². The van der Waals surface area contributed by atoms with Crippen molar-refractivity contribution >= 4 is 34.3 Å². The molecule has 3 aromatic heterocycles. The molecule has 0 saturated carbocycles. The third-order valence-electron chi connectivity index (χ3n) is 6.26. The van der Waals surface area contributed by atoms with Crippen LogP contribution in [0.2, 0.25) is 0 Å². The molecule has 10 heteroatoms. The Labute approximate surface area is 201 Å². The lowest BCUT2D eigenvalue weighted by atomic mass is 9.84. The van der Waals surface area contributed by atoms with Crippen LogP contribution >= 0.6 is 0 Å². The van der Waals surface area contributed by atoms with Crippen molar-refractivity contribution in [3.8, 4) is 0 Å². The molecule has 4 aromatic rings. The highest BCUT2D eigenvalue weighted by atomic mass is 16.3. The minimum absolute atomic E-state index is 0.00783. The number of rotatable bonds is 6. The van der Waals surface area contributed by atoms with E-state index in [0.29, 0.717) is 42.4 Å². The summed E-state index contributed by atoms with van der Waals surface area (Å²) in [5, 5.41) is 17.0. The molecule has 1 atom stereocenters. The van der Waals surface area contributed by atoms with Crippen molar-refractivity contribution in [2.45, 2.75) is 18.9 Å². The van der Waals surface area contributed by atoms with Crippen LogP contribution in [0.15, 0.2) is 66.4 Å². The average Bonchev–Trinajstić information content (AvgIpc) is 3.32. The summed E-state index contributed by atoms with van der Waals surface area (Å²) in [6, 6.07) is 9.53. The van der Waals surface area contributed by atoms with Gasteiger partial charge in [-0.25, -0.2) is 4.98 Å². The highest BCUT2D eigenvalue weighted by Crippen LogP contribution is 2.38. The number of amides is 1. The fourth-order valence-electron chi connectivity index (χ4n) is 4.59. The highest BCUT2D eigenvalue weighted by molar-refractivity contribution is 6.02. The van der Waals surface area contributed by atoms with Crippen molar-refractivity contribution in [3.63, 3.8) is 0 Å². The van der Waals surface area contributed by atoms with Gasteiger partial charge in [-0.05, 0) is 30.2 Å². The summed E-state index contributed by atoms with van der Waals surface area (Å²) in [6.45, 7) is 4.49. The largest absolute Gasteiger partial charge is 0.394 e. The first kappa shape index (κ1) is 22.5. The zero-order chi connectivity index (χ0) is 24.5. The van der Waals surface area contributed by atoms with Gasteiger partial charge in [0.1, 0.15) is 5.65 Å². The van der Waals surface area contributed by atoms with E-state index in [1.165, 1.54) is 10.6 Å². The molecule has 5 rings (SSSR count). The highest BCUT2D eigenvalue weighted by Gasteiger charge is 2.30. The molecule has 4 heterocycles. The van der Waals surface area contributed by atoms with Gasteiger partial charge in [0.15, 0.2) is 0 Å². The van der Waals surface area contributed by atoms with E-state index in [2.05, 4.69) is 27.0 Å². The van der Waals surface area contributed by atoms with Crippen LogP contribution in [-0.4, -0.2) is 48.5 Å². The van der Waals surface area contributed by atoms with Gasteiger partial charge in [-0.3, -0.25) is 18.8 Å². The molecule has 2 N–H and O–H groups in total. The number of para-hydroxylation sites is 1. The number of aliphatic hydroxyl groups is 1. The molecule has 178 valence electrons. The minimum atomic E-state index is -0.155. The third-order valence-corrected chi connectivity index (χ3v) is 6.26. The quantitative estimate of drug-likeness (QED) is 0.414. The topological polar surface area (TPSA) is 118 Å². The van der Waals surface area contributed by atoms with Gasteiger partial charge < -0.3 is 15.3 Å². The number of carbonyl (C=O) groups is 1. The Morgan fingerprint density at radius 1 is 1.29 bits per heavy atom. The lowest BCUT2D eigenvalue weighted by Gasteiger charge is -2.34. The van der Waals surface area contributed by atoms with Crippen molar-refractivity contribution < 1.29 is 9.90 Å². The molecule has 0 fully saturated rings. The van der Waals surface area contributed by atoms with E-state index in [9.17, 15) is 9.59 Å². The van der Waals surface area contributed by atoms with E-state index in [1.54, 1.807) is 35.2 Å². The Hall–Kier alpha value is -4.31. The lowest BCUT2D eigenvalue weighted by molar-refractivity contribution is -0.114.